The van der Waals surface area contributed by atoms with E-state index in [1.165, 1.54) is 12.8 Å². The maximum Gasteiger partial charge on any atom is 0.220 e. The summed E-state index contributed by atoms with van der Waals surface area (Å²) in [6.45, 7) is 13.1. The molecule has 9 atom stereocenters. The lowest BCUT2D eigenvalue weighted by Crippen LogP contribution is -2.59. The Bertz CT molecular complexity index is 775. The van der Waals surface area contributed by atoms with Gasteiger partial charge in [0.1, 0.15) is 11.6 Å². The van der Waals surface area contributed by atoms with Gasteiger partial charge in [-0.1, -0.05) is 34.1 Å². The molecule has 4 nitrogen and oxygen atoms in total. The molecular formula is C28H45NO3. The van der Waals surface area contributed by atoms with Crippen molar-refractivity contribution in [2.45, 2.75) is 105 Å². The molecular weight excluding hydrogens is 398 g/mol. The van der Waals surface area contributed by atoms with Crippen LogP contribution in [-0.4, -0.2) is 23.5 Å². The minimum Gasteiger partial charge on any atom is -0.354 e. The second-order valence-electron chi connectivity index (χ2n) is 12.8. The highest BCUT2D eigenvalue weighted by Gasteiger charge is 2.65. The molecule has 4 saturated carbocycles. The number of hydrogen-bond donors (Lipinski definition) is 1. The molecule has 0 aromatic carbocycles. The van der Waals surface area contributed by atoms with Crippen molar-refractivity contribution in [1.29, 1.82) is 0 Å². The van der Waals surface area contributed by atoms with Crippen molar-refractivity contribution >= 4 is 17.5 Å². The maximum absolute atomic E-state index is 13.8. The lowest BCUT2D eigenvalue weighted by Gasteiger charge is -2.59. The average Bonchev–Trinajstić information content (AvgIpc) is 3.06. The zero-order valence-corrected chi connectivity index (χ0v) is 21.2. The number of nitrogens with one attached hydrogen (secondary N) is 1. The molecule has 0 spiro atoms. The molecule has 1 amide bonds. The standard InChI is InChI=1S/C28H45NO3/c1-16(2)29-25(32)10-7-18(4)20-8-9-21-26-22(15-24(31)28(20,21)6)27(5)12-11-17(3)13-19(27)14-23(26)30/h16-22,26H,7-15H2,1-6H3,(H,29,32)/t17-,18-,19+,20-,21+,22+,26+,27+,28-/m0/s1. The van der Waals surface area contributed by atoms with E-state index in [0.717, 1.165) is 32.1 Å². The Labute approximate surface area is 195 Å². The van der Waals surface area contributed by atoms with Gasteiger partial charge in [0.05, 0.1) is 0 Å². The van der Waals surface area contributed by atoms with Gasteiger partial charge in [0.15, 0.2) is 0 Å². The largest absolute Gasteiger partial charge is 0.354 e. The minimum absolute atomic E-state index is 0.0776. The fourth-order valence-electron chi connectivity index (χ4n) is 8.77. The third-order valence-corrected chi connectivity index (χ3v) is 10.6. The van der Waals surface area contributed by atoms with Crippen LogP contribution in [0.4, 0.5) is 0 Å². The lowest BCUT2D eigenvalue weighted by molar-refractivity contribution is -0.167. The topological polar surface area (TPSA) is 63.2 Å². The Morgan fingerprint density at radius 3 is 2.47 bits per heavy atom. The summed E-state index contributed by atoms with van der Waals surface area (Å²) in [6, 6.07) is 0.160. The highest BCUT2D eigenvalue weighted by atomic mass is 16.2. The summed E-state index contributed by atoms with van der Waals surface area (Å²) in [5.41, 5.74) is -0.239. The van der Waals surface area contributed by atoms with Crippen LogP contribution in [0.2, 0.25) is 0 Å². The summed E-state index contributed by atoms with van der Waals surface area (Å²) in [4.78, 5) is 39.6. The normalized spacial score (nSPS) is 44.6. The van der Waals surface area contributed by atoms with Crippen LogP contribution in [0, 0.1) is 52.3 Å². The number of hydrogen-bond acceptors (Lipinski definition) is 3. The highest BCUT2D eigenvalue weighted by molar-refractivity contribution is 5.92. The van der Waals surface area contributed by atoms with E-state index in [4.69, 9.17) is 0 Å². The van der Waals surface area contributed by atoms with Gasteiger partial charge in [0, 0.05) is 36.6 Å². The molecule has 4 heteroatoms. The van der Waals surface area contributed by atoms with Crippen molar-refractivity contribution in [2.75, 3.05) is 0 Å². The van der Waals surface area contributed by atoms with Gasteiger partial charge in [-0.2, -0.15) is 0 Å². The van der Waals surface area contributed by atoms with Gasteiger partial charge in [-0.05, 0) is 86.9 Å². The van der Waals surface area contributed by atoms with Crippen LogP contribution < -0.4 is 5.32 Å². The molecule has 180 valence electrons. The monoisotopic (exact) mass is 443 g/mol. The molecule has 0 heterocycles. The Kier molecular flexibility index (Phi) is 6.40. The molecule has 0 unspecified atom stereocenters. The molecule has 4 aliphatic carbocycles. The Morgan fingerprint density at radius 1 is 1.06 bits per heavy atom. The number of ketones is 2. The average molecular weight is 444 g/mol. The van der Waals surface area contributed by atoms with E-state index in [1.54, 1.807) is 0 Å². The van der Waals surface area contributed by atoms with E-state index in [0.29, 0.717) is 42.2 Å². The fourth-order valence-corrected chi connectivity index (χ4v) is 8.77. The summed E-state index contributed by atoms with van der Waals surface area (Å²) in [5, 5.41) is 2.99. The molecule has 4 fully saturated rings. The summed E-state index contributed by atoms with van der Waals surface area (Å²) in [5.74, 6) is 3.28. The van der Waals surface area contributed by atoms with Gasteiger partial charge in [-0.25, -0.2) is 0 Å². The third-order valence-electron chi connectivity index (χ3n) is 10.6. The number of rotatable bonds is 5. The first kappa shape index (κ1) is 24.0. The first-order valence-electron chi connectivity index (χ1n) is 13.3. The van der Waals surface area contributed by atoms with Gasteiger partial charge < -0.3 is 5.32 Å². The van der Waals surface area contributed by atoms with E-state index >= 15 is 0 Å². The summed E-state index contributed by atoms with van der Waals surface area (Å²) >= 11 is 0. The molecule has 1 N–H and O–H groups in total. The molecule has 4 aliphatic rings. The summed E-state index contributed by atoms with van der Waals surface area (Å²) < 4.78 is 0. The SMILES string of the molecule is CC(C)NC(=O)CC[C@H](C)[C@@H]1CC[C@@H]2[C@H]3C(=O)C[C@H]4C[C@@H](C)CC[C@@]4(C)[C@@H]3CC(=O)[C@]21C. The Balaban J connectivity index is 1.53. The van der Waals surface area contributed by atoms with Crippen LogP contribution in [-0.2, 0) is 14.4 Å². The van der Waals surface area contributed by atoms with Gasteiger partial charge in [-0.15, -0.1) is 0 Å². The molecule has 32 heavy (non-hydrogen) atoms. The predicted octanol–water partition coefficient (Wildman–Crippen LogP) is 5.58. The molecule has 0 aliphatic heterocycles. The van der Waals surface area contributed by atoms with Crippen molar-refractivity contribution in [3.8, 4) is 0 Å². The van der Waals surface area contributed by atoms with Crippen LogP contribution in [0.1, 0.15) is 99.3 Å². The number of amides is 1. The predicted molar refractivity (Wildman–Crippen MR) is 127 cm³/mol. The number of Topliss-reactive ketones (excluding diaryl/α,β-unsaturated/α-hetero) is 2. The summed E-state index contributed by atoms with van der Waals surface area (Å²) in [7, 11) is 0. The van der Waals surface area contributed by atoms with E-state index in [2.05, 4.69) is 33.0 Å². The van der Waals surface area contributed by atoms with Crippen LogP contribution in [0.5, 0.6) is 0 Å². The zero-order valence-electron chi connectivity index (χ0n) is 21.2. The van der Waals surface area contributed by atoms with E-state index in [9.17, 15) is 14.4 Å². The van der Waals surface area contributed by atoms with Crippen molar-refractivity contribution in [3.05, 3.63) is 0 Å². The Hall–Kier alpha value is -1.19. The first-order chi connectivity index (χ1) is 15.0. The smallest absolute Gasteiger partial charge is 0.220 e. The Morgan fingerprint density at radius 2 is 1.78 bits per heavy atom. The summed E-state index contributed by atoms with van der Waals surface area (Å²) in [6.07, 6.45) is 8.26. The second kappa shape index (κ2) is 8.55. The minimum atomic E-state index is -0.393. The van der Waals surface area contributed by atoms with Crippen molar-refractivity contribution in [3.63, 3.8) is 0 Å². The van der Waals surface area contributed by atoms with Crippen molar-refractivity contribution < 1.29 is 14.4 Å². The van der Waals surface area contributed by atoms with E-state index < -0.39 is 5.41 Å². The van der Waals surface area contributed by atoms with Gasteiger partial charge in [0.25, 0.3) is 0 Å². The first-order valence-corrected chi connectivity index (χ1v) is 13.3. The van der Waals surface area contributed by atoms with Crippen molar-refractivity contribution in [1.82, 2.24) is 5.32 Å². The molecule has 0 bridgehead atoms. The quantitative estimate of drug-likeness (QED) is 0.603. The van der Waals surface area contributed by atoms with Crippen LogP contribution in [0.3, 0.4) is 0 Å². The third kappa shape index (κ3) is 3.78. The molecule has 0 saturated heterocycles. The zero-order chi connectivity index (χ0) is 23.4. The van der Waals surface area contributed by atoms with Gasteiger partial charge in [0.2, 0.25) is 5.91 Å². The van der Waals surface area contributed by atoms with E-state index in [1.807, 2.05) is 13.8 Å². The highest BCUT2D eigenvalue weighted by Crippen LogP contribution is 2.66. The lowest BCUT2D eigenvalue weighted by atomic mass is 9.43. The van der Waals surface area contributed by atoms with Crippen LogP contribution in [0.25, 0.3) is 0 Å². The van der Waals surface area contributed by atoms with Crippen LogP contribution in [0.15, 0.2) is 0 Å². The molecule has 0 aromatic rings. The fraction of sp³-hybridized carbons (Fsp3) is 0.893. The van der Waals surface area contributed by atoms with Gasteiger partial charge >= 0.3 is 0 Å². The molecule has 0 radical (unpaired) electrons. The van der Waals surface area contributed by atoms with Crippen LogP contribution >= 0.6 is 0 Å². The van der Waals surface area contributed by atoms with Gasteiger partial charge in [-0.3, -0.25) is 14.4 Å². The number of fused-ring (bicyclic) bond motifs is 5. The maximum atomic E-state index is 13.8. The number of carbonyl (C=O) groups is 3. The molecule has 4 rings (SSSR count). The second-order valence-corrected chi connectivity index (χ2v) is 12.8. The van der Waals surface area contributed by atoms with Crippen molar-refractivity contribution in [2.24, 2.45) is 52.3 Å². The molecule has 0 aromatic heterocycles. The number of carbonyl (C=O) groups excluding carboxylic acids is 3. The van der Waals surface area contributed by atoms with E-state index in [-0.39, 0.29) is 41.0 Å².